The van der Waals surface area contributed by atoms with Crippen LogP contribution in [-0.2, 0) is 18.3 Å². The van der Waals surface area contributed by atoms with Gasteiger partial charge in [0.2, 0.25) is 0 Å². The largest absolute Gasteiger partial charge is 0.378 e. The Morgan fingerprint density at radius 3 is 3.25 bits per heavy atom. The number of aromatic nitrogens is 2. The number of aryl methyl sites for hydroxylation is 1. The molecule has 0 saturated carbocycles. The Morgan fingerprint density at radius 2 is 2.56 bits per heavy atom. The van der Waals surface area contributed by atoms with Crippen LogP contribution in [0.3, 0.4) is 0 Å². The molecule has 2 heterocycles. The van der Waals surface area contributed by atoms with Crippen LogP contribution in [0, 0.1) is 0 Å². The maximum absolute atomic E-state index is 5.58. The minimum Gasteiger partial charge on any atom is -0.378 e. The van der Waals surface area contributed by atoms with Gasteiger partial charge in [-0.05, 0) is 32.2 Å². The SMILES string of the molecule is Cn1cc(CNCCCC2CCCO2)cn1. The molecule has 16 heavy (non-hydrogen) atoms. The lowest BCUT2D eigenvalue weighted by Crippen LogP contribution is -2.16. The Hall–Kier alpha value is -0.870. The fourth-order valence-corrected chi connectivity index (χ4v) is 2.12. The molecule has 4 nitrogen and oxygen atoms in total. The van der Waals surface area contributed by atoms with E-state index in [1.54, 1.807) is 0 Å². The molecule has 4 heteroatoms. The summed E-state index contributed by atoms with van der Waals surface area (Å²) in [5.74, 6) is 0. The molecule has 1 atom stereocenters. The molecule has 1 unspecified atom stereocenters. The Kier molecular flexibility index (Phi) is 4.36. The zero-order chi connectivity index (χ0) is 11.2. The summed E-state index contributed by atoms with van der Waals surface area (Å²) >= 11 is 0. The molecule has 1 saturated heterocycles. The first kappa shape index (κ1) is 11.6. The third-order valence-electron chi connectivity index (χ3n) is 2.99. The van der Waals surface area contributed by atoms with Crippen LogP contribution < -0.4 is 5.32 Å². The van der Waals surface area contributed by atoms with Gasteiger partial charge in [-0.3, -0.25) is 4.68 Å². The van der Waals surface area contributed by atoms with Crippen molar-refractivity contribution in [1.29, 1.82) is 0 Å². The molecule has 1 aromatic rings. The van der Waals surface area contributed by atoms with E-state index < -0.39 is 0 Å². The molecular formula is C12H21N3O. The Bertz CT molecular complexity index is 305. The van der Waals surface area contributed by atoms with Crippen molar-refractivity contribution in [2.45, 2.75) is 38.3 Å². The molecule has 1 fully saturated rings. The molecule has 1 aliphatic rings. The molecule has 90 valence electrons. The van der Waals surface area contributed by atoms with Crippen LogP contribution >= 0.6 is 0 Å². The third kappa shape index (κ3) is 3.61. The van der Waals surface area contributed by atoms with E-state index in [2.05, 4.69) is 10.4 Å². The minimum atomic E-state index is 0.528. The summed E-state index contributed by atoms with van der Waals surface area (Å²) < 4.78 is 7.42. The number of hydrogen-bond acceptors (Lipinski definition) is 3. The standard InChI is InChI=1S/C12H21N3O/c1-15-10-11(9-14-15)8-13-6-2-4-12-5-3-7-16-12/h9-10,12-13H,2-8H2,1H3. The lowest BCUT2D eigenvalue weighted by Gasteiger charge is -2.08. The van der Waals surface area contributed by atoms with Gasteiger partial charge in [-0.15, -0.1) is 0 Å². The maximum Gasteiger partial charge on any atom is 0.0576 e. The molecular weight excluding hydrogens is 202 g/mol. The number of hydrogen-bond donors (Lipinski definition) is 1. The zero-order valence-electron chi connectivity index (χ0n) is 9.98. The predicted molar refractivity (Wildman–Crippen MR) is 63.1 cm³/mol. The molecule has 0 radical (unpaired) electrons. The van der Waals surface area contributed by atoms with Crippen LogP contribution in [0.4, 0.5) is 0 Å². The van der Waals surface area contributed by atoms with Crippen molar-refractivity contribution in [3.63, 3.8) is 0 Å². The lowest BCUT2D eigenvalue weighted by atomic mass is 10.1. The summed E-state index contributed by atoms with van der Waals surface area (Å²) in [5.41, 5.74) is 1.25. The predicted octanol–water partition coefficient (Wildman–Crippen LogP) is 1.47. The second kappa shape index (κ2) is 6.01. The monoisotopic (exact) mass is 223 g/mol. The Labute approximate surface area is 97.0 Å². The van der Waals surface area contributed by atoms with Gasteiger partial charge in [0.15, 0.2) is 0 Å². The number of ether oxygens (including phenoxy) is 1. The first-order chi connectivity index (χ1) is 7.84. The smallest absolute Gasteiger partial charge is 0.0576 e. The van der Waals surface area contributed by atoms with Crippen LogP contribution in [0.1, 0.15) is 31.2 Å². The molecule has 0 aromatic carbocycles. The average molecular weight is 223 g/mol. The van der Waals surface area contributed by atoms with Crippen molar-refractivity contribution < 1.29 is 4.74 Å². The molecule has 1 N–H and O–H groups in total. The molecule has 1 aliphatic heterocycles. The van der Waals surface area contributed by atoms with Crippen molar-refractivity contribution in [2.24, 2.45) is 7.05 Å². The summed E-state index contributed by atoms with van der Waals surface area (Å²) in [6.45, 7) is 2.95. The molecule has 0 aliphatic carbocycles. The molecule has 0 amide bonds. The highest BCUT2D eigenvalue weighted by Gasteiger charge is 2.14. The van der Waals surface area contributed by atoms with E-state index in [4.69, 9.17) is 4.74 Å². The summed E-state index contributed by atoms with van der Waals surface area (Å²) in [5, 5.41) is 7.57. The molecule has 0 spiro atoms. The van der Waals surface area contributed by atoms with E-state index in [1.165, 1.54) is 31.2 Å². The van der Waals surface area contributed by atoms with Crippen molar-refractivity contribution in [3.05, 3.63) is 18.0 Å². The second-order valence-electron chi connectivity index (χ2n) is 4.48. The van der Waals surface area contributed by atoms with E-state index in [9.17, 15) is 0 Å². The first-order valence-corrected chi connectivity index (χ1v) is 6.14. The zero-order valence-corrected chi connectivity index (χ0v) is 9.98. The summed E-state index contributed by atoms with van der Waals surface area (Å²) in [6, 6.07) is 0. The maximum atomic E-state index is 5.58. The van der Waals surface area contributed by atoms with Crippen molar-refractivity contribution in [2.75, 3.05) is 13.2 Å². The fourth-order valence-electron chi connectivity index (χ4n) is 2.12. The summed E-state index contributed by atoms with van der Waals surface area (Å²) in [6.07, 6.45) is 9.38. The second-order valence-corrected chi connectivity index (χ2v) is 4.48. The van der Waals surface area contributed by atoms with Crippen LogP contribution in [0.2, 0.25) is 0 Å². The minimum absolute atomic E-state index is 0.528. The Balaban J connectivity index is 1.51. The number of nitrogens with zero attached hydrogens (tertiary/aromatic N) is 2. The highest BCUT2D eigenvalue weighted by atomic mass is 16.5. The molecule has 0 bridgehead atoms. The van der Waals surface area contributed by atoms with E-state index in [-0.39, 0.29) is 0 Å². The topological polar surface area (TPSA) is 39.1 Å². The van der Waals surface area contributed by atoms with Gasteiger partial charge in [-0.25, -0.2) is 0 Å². The van der Waals surface area contributed by atoms with Gasteiger partial charge in [-0.1, -0.05) is 0 Å². The first-order valence-electron chi connectivity index (χ1n) is 6.14. The quantitative estimate of drug-likeness (QED) is 0.742. The van der Waals surface area contributed by atoms with Crippen LogP contribution in [0.25, 0.3) is 0 Å². The van der Waals surface area contributed by atoms with E-state index in [0.29, 0.717) is 6.10 Å². The average Bonchev–Trinajstić information content (AvgIpc) is 2.89. The number of nitrogens with one attached hydrogen (secondary N) is 1. The van der Waals surface area contributed by atoms with Gasteiger partial charge in [0, 0.05) is 32.0 Å². The van der Waals surface area contributed by atoms with Gasteiger partial charge < -0.3 is 10.1 Å². The lowest BCUT2D eigenvalue weighted by molar-refractivity contribution is 0.102. The van der Waals surface area contributed by atoms with Gasteiger partial charge in [0.05, 0.1) is 12.3 Å². The van der Waals surface area contributed by atoms with Crippen molar-refractivity contribution >= 4 is 0 Å². The van der Waals surface area contributed by atoms with E-state index >= 15 is 0 Å². The third-order valence-corrected chi connectivity index (χ3v) is 2.99. The summed E-state index contributed by atoms with van der Waals surface area (Å²) in [4.78, 5) is 0. The van der Waals surface area contributed by atoms with E-state index in [0.717, 1.165) is 19.7 Å². The van der Waals surface area contributed by atoms with Crippen LogP contribution in [0.15, 0.2) is 12.4 Å². The van der Waals surface area contributed by atoms with Gasteiger partial charge in [0.1, 0.15) is 0 Å². The highest BCUT2D eigenvalue weighted by molar-refractivity contribution is 5.02. The fraction of sp³-hybridized carbons (Fsp3) is 0.750. The normalized spacial score (nSPS) is 20.4. The van der Waals surface area contributed by atoms with Gasteiger partial charge in [-0.2, -0.15) is 5.10 Å². The van der Waals surface area contributed by atoms with Crippen LogP contribution in [0.5, 0.6) is 0 Å². The molecule has 2 rings (SSSR count). The van der Waals surface area contributed by atoms with E-state index in [1.807, 2.05) is 24.1 Å². The molecule has 1 aromatic heterocycles. The van der Waals surface area contributed by atoms with Crippen LogP contribution in [-0.4, -0.2) is 29.0 Å². The Morgan fingerprint density at radius 1 is 1.62 bits per heavy atom. The van der Waals surface area contributed by atoms with Gasteiger partial charge >= 0.3 is 0 Å². The summed E-state index contributed by atoms with van der Waals surface area (Å²) in [7, 11) is 1.95. The van der Waals surface area contributed by atoms with Crippen molar-refractivity contribution in [3.8, 4) is 0 Å². The van der Waals surface area contributed by atoms with Gasteiger partial charge in [0.25, 0.3) is 0 Å². The van der Waals surface area contributed by atoms with Crippen molar-refractivity contribution in [1.82, 2.24) is 15.1 Å². The number of rotatable bonds is 6. The highest BCUT2D eigenvalue weighted by Crippen LogP contribution is 2.16.